The molecule has 0 radical (unpaired) electrons. The number of rotatable bonds is 4. The molecule has 0 aliphatic carbocycles. The van der Waals surface area contributed by atoms with Gasteiger partial charge in [0.05, 0.1) is 6.20 Å². The van der Waals surface area contributed by atoms with Crippen molar-refractivity contribution in [3.05, 3.63) is 47.3 Å². The zero-order valence-corrected chi connectivity index (χ0v) is 10.4. The topological polar surface area (TPSA) is 35.3 Å². The second-order valence-electron chi connectivity index (χ2n) is 4.45. The molecular weight excluding hydrogens is 214 g/mol. The predicted octanol–water partition coefficient (Wildman–Crippen LogP) is 3.69. The lowest BCUT2D eigenvalue weighted by atomic mass is 10.0. The first-order chi connectivity index (χ1) is 8.16. The van der Waals surface area contributed by atoms with Gasteiger partial charge in [-0.1, -0.05) is 31.1 Å². The first-order valence-electron chi connectivity index (χ1n) is 5.79. The van der Waals surface area contributed by atoms with E-state index < -0.39 is 0 Å². The quantitative estimate of drug-likeness (QED) is 0.805. The van der Waals surface area contributed by atoms with Gasteiger partial charge in [0, 0.05) is 6.07 Å². The third-order valence-corrected chi connectivity index (χ3v) is 2.74. The van der Waals surface area contributed by atoms with Crippen LogP contribution in [-0.2, 0) is 6.61 Å². The fourth-order valence-electron chi connectivity index (χ4n) is 1.60. The molecule has 17 heavy (non-hydrogen) atoms. The van der Waals surface area contributed by atoms with Crippen LogP contribution in [0.5, 0.6) is 5.75 Å². The summed E-state index contributed by atoms with van der Waals surface area (Å²) in [6, 6.07) is 8.13. The van der Waals surface area contributed by atoms with E-state index in [1.54, 1.807) is 6.20 Å². The minimum absolute atomic E-state index is 0.419. The van der Waals surface area contributed by atoms with E-state index in [4.69, 9.17) is 9.26 Å². The van der Waals surface area contributed by atoms with Crippen molar-refractivity contribution in [1.29, 1.82) is 0 Å². The average Bonchev–Trinajstić information content (AvgIpc) is 2.80. The molecule has 0 atom stereocenters. The van der Waals surface area contributed by atoms with Gasteiger partial charge in [-0.05, 0) is 30.0 Å². The maximum absolute atomic E-state index is 5.74. The molecule has 1 aromatic heterocycles. The van der Waals surface area contributed by atoms with E-state index in [1.807, 2.05) is 13.0 Å². The Morgan fingerprint density at radius 1 is 1.29 bits per heavy atom. The highest BCUT2D eigenvalue weighted by molar-refractivity contribution is 5.37. The van der Waals surface area contributed by atoms with Gasteiger partial charge < -0.3 is 9.26 Å². The molecule has 1 aromatic carbocycles. The van der Waals surface area contributed by atoms with E-state index in [0.29, 0.717) is 12.5 Å². The molecule has 0 amide bonds. The summed E-state index contributed by atoms with van der Waals surface area (Å²) in [5, 5.41) is 3.65. The minimum atomic E-state index is 0.419. The maximum Gasteiger partial charge on any atom is 0.174 e. The number of hydrogen-bond donors (Lipinski definition) is 0. The summed E-state index contributed by atoms with van der Waals surface area (Å²) >= 11 is 0. The van der Waals surface area contributed by atoms with Gasteiger partial charge in [0.2, 0.25) is 0 Å². The third kappa shape index (κ3) is 2.87. The summed E-state index contributed by atoms with van der Waals surface area (Å²) in [7, 11) is 0. The van der Waals surface area contributed by atoms with Gasteiger partial charge in [0.25, 0.3) is 0 Å². The second kappa shape index (κ2) is 5.04. The molecule has 0 unspecified atom stereocenters. The van der Waals surface area contributed by atoms with E-state index >= 15 is 0 Å². The molecule has 0 bridgehead atoms. The summed E-state index contributed by atoms with van der Waals surface area (Å²) in [5.74, 6) is 2.15. The molecular formula is C14H17NO2. The molecule has 2 rings (SSSR count). The Morgan fingerprint density at radius 2 is 2.12 bits per heavy atom. The lowest BCUT2D eigenvalue weighted by Gasteiger charge is -2.11. The van der Waals surface area contributed by atoms with E-state index in [0.717, 1.165) is 17.1 Å². The number of benzene rings is 1. The monoisotopic (exact) mass is 231 g/mol. The van der Waals surface area contributed by atoms with Crippen molar-refractivity contribution in [3.63, 3.8) is 0 Å². The summed E-state index contributed by atoms with van der Waals surface area (Å²) in [6.45, 7) is 6.80. The summed E-state index contributed by atoms with van der Waals surface area (Å²) in [5.41, 5.74) is 2.41. The maximum atomic E-state index is 5.74. The molecule has 1 heterocycles. The molecule has 0 saturated carbocycles. The molecule has 2 aromatic rings. The SMILES string of the molecule is Cc1ccc(C(C)C)cc1OCc1ccno1. The molecule has 90 valence electrons. The van der Waals surface area contributed by atoms with Crippen LogP contribution in [0.1, 0.15) is 36.7 Å². The number of aromatic nitrogens is 1. The Bertz CT molecular complexity index is 475. The Kier molecular flexibility index (Phi) is 3.47. The fraction of sp³-hybridized carbons (Fsp3) is 0.357. The van der Waals surface area contributed by atoms with E-state index in [9.17, 15) is 0 Å². The molecule has 0 aliphatic heterocycles. The zero-order chi connectivity index (χ0) is 12.3. The Hall–Kier alpha value is -1.77. The first-order valence-corrected chi connectivity index (χ1v) is 5.79. The van der Waals surface area contributed by atoms with Crippen LogP contribution in [0.25, 0.3) is 0 Å². The van der Waals surface area contributed by atoms with E-state index in [2.05, 4.69) is 37.2 Å². The van der Waals surface area contributed by atoms with E-state index in [1.165, 1.54) is 5.56 Å². The van der Waals surface area contributed by atoms with Crippen molar-refractivity contribution in [2.75, 3.05) is 0 Å². The van der Waals surface area contributed by atoms with Crippen LogP contribution in [0.15, 0.2) is 35.0 Å². The van der Waals surface area contributed by atoms with Crippen molar-refractivity contribution in [1.82, 2.24) is 5.16 Å². The molecule has 0 aliphatic rings. The number of aryl methyl sites for hydroxylation is 1. The van der Waals surface area contributed by atoms with Crippen molar-refractivity contribution >= 4 is 0 Å². The molecule has 0 fully saturated rings. The summed E-state index contributed by atoms with van der Waals surface area (Å²) in [6.07, 6.45) is 1.62. The Balaban J connectivity index is 2.11. The number of ether oxygens (including phenoxy) is 1. The average molecular weight is 231 g/mol. The van der Waals surface area contributed by atoms with Crippen LogP contribution in [0.4, 0.5) is 0 Å². The van der Waals surface area contributed by atoms with Crippen LogP contribution < -0.4 is 4.74 Å². The van der Waals surface area contributed by atoms with Crippen molar-refractivity contribution in [3.8, 4) is 5.75 Å². The molecule has 0 N–H and O–H groups in total. The first kappa shape index (κ1) is 11.7. The lowest BCUT2D eigenvalue weighted by Crippen LogP contribution is -1.97. The number of nitrogens with zero attached hydrogens (tertiary/aromatic N) is 1. The van der Waals surface area contributed by atoms with Crippen LogP contribution in [0, 0.1) is 6.92 Å². The highest BCUT2D eigenvalue weighted by atomic mass is 16.5. The zero-order valence-electron chi connectivity index (χ0n) is 10.4. The van der Waals surface area contributed by atoms with Gasteiger partial charge in [-0.25, -0.2) is 0 Å². The fourth-order valence-corrected chi connectivity index (χ4v) is 1.60. The molecule has 0 spiro atoms. The van der Waals surface area contributed by atoms with Gasteiger partial charge in [-0.2, -0.15) is 0 Å². The van der Waals surface area contributed by atoms with Gasteiger partial charge in [-0.15, -0.1) is 0 Å². The van der Waals surface area contributed by atoms with Crippen LogP contribution in [0.2, 0.25) is 0 Å². The number of hydrogen-bond acceptors (Lipinski definition) is 3. The Labute approximate surface area is 101 Å². The highest BCUT2D eigenvalue weighted by Gasteiger charge is 2.06. The second-order valence-corrected chi connectivity index (χ2v) is 4.45. The van der Waals surface area contributed by atoms with Gasteiger partial charge in [0.1, 0.15) is 12.4 Å². The van der Waals surface area contributed by atoms with Crippen LogP contribution in [0.3, 0.4) is 0 Å². The molecule has 0 saturated heterocycles. The van der Waals surface area contributed by atoms with Crippen LogP contribution >= 0.6 is 0 Å². The minimum Gasteiger partial charge on any atom is -0.485 e. The standard InChI is InChI=1S/C14H17NO2/c1-10(2)12-5-4-11(3)14(8-12)16-9-13-6-7-15-17-13/h4-8,10H,9H2,1-3H3. The third-order valence-electron chi connectivity index (χ3n) is 2.74. The molecule has 3 heteroatoms. The highest BCUT2D eigenvalue weighted by Crippen LogP contribution is 2.24. The molecule has 3 nitrogen and oxygen atoms in total. The summed E-state index contributed by atoms with van der Waals surface area (Å²) < 4.78 is 10.7. The lowest BCUT2D eigenvalue weighted by molar-refractivity contribution is 0.248. The van der Waals surface area contributed by atoms with E-state index in [-0.39, 0.29) is 0 Å². The normalized spacial score (nSPS) is 10.8. The van der Waals surface area contributed by atoms with Gasteiger partial charge in [0.15, 0.2) is 5.76 Å². The van der Waals surface area contributed by atoms with Crippen LogP contribution in [-0.4, -0.2) is 5.16 Å². The van der Waals surface area contributed by atoms with Crippen molar-refractivity contribution < 1.29 is 9.26 Å². The Morgan fingerprint density at radius 3 is 2.76 bits per heavy atom. The predicted molar refractivity (Wildman–Crippen MR) is 66.1 cm³/mol. The van der Waals surface area contributed by atoms with Gasteiger partial charge in [-0.3, -0.25) is 0 Å². The van der Waals surface area contributed by atoms with Crippen molar-refractivity contribution in [2.45, 2.75) is 33.3 Å². The van der Waals surface area contributed by atoms with Gasteiger partial charge >= 0.3 is 0 Å². The smallest absolute Gasteiger partial charge is 0.174 e. The van der Waals surface area contributed by atoms with Crippen molar-refractivity contribution in [2.24, 2.45) is 0 Å². The largest absolute Gasteiger partial charge is 0.485 e. The summed E-state index contributed by atoms with van der Waals surface area (Å²) in [4.78, 5) is 0.